The Bertz CT molecular complexity index is 662. The minimum Gasteiger partial charge on any atom is -0.380 e. The quantitative estimate of drug-likeness (QED) is 0.392. The molecule has 5 nitrogen and oxygen atoms in total. The molecule has 0 aliphatic heterocycles. The van der Waals surface area contributed by atoms with Gasteiger partial charge in [-0.1, -0.05) is 42.5 Å². The van der Waals surface area contributed by atoms with Crippen LogP contribution in [-0.2, 0) is 29.2 Å². The lowest BCUT2D eigenvalue weighted by molar-refractivity contribution is 0.185. The highest BCUT2D eigenvalue weighted by Gasteiger charge is 2.02. The Labute approximate surface area is 160 Å². The van der Waals surface area contributed by atoms with Gasteiger partial charge in [0.2, 0.25) is 0 Å². The fraction of sp³-hybridized carbons (Fsp3) is 0.278. The highest BCUT2D eigenvalue weighted by molar-refractivity contribution is 14.0. The number of nitrogens with zero attached hydrogens (tertiary/aromatic N) is 1. The molecule has 2 aromatic carbocycles. The molecule has 0 aromatic heterocycles. The number of hydrogen-bond donors (Lipinski definition) is 2. The van der Waals surface area contributed by atoms with E-state index in [1.807, 2.05) is 42.5 Å². The first kappa shape index (κ1) is 20.4. The zero-order valence-electron chi connectivity index (χ0n) is 14.0. The summed E-state index contributed by atoms with van der Waals surface area (Å²) in [6.07, 6.45) is 0. The lowest BCUT2D eigenvalue weighted by Crippen LogP contribution is -2.23. The van der Waals surface area contributed by atoms with Gasteiger partial charge in [-0.05, 0) is 17.2 Å². The number of rotatable bonds is 7. The van der Waals surface area contributed by atoms with Gasteiger partial charge in [0.25, 0.3) is 0 Å². The minimum atomic E-state index is 0. The van der Waals surface area contributed by atoms with Gasteiger partial charge in [0.05, 0.1) is 19.8 Å². The van der Waals surface area contributed by atoms with Crippen LogP contribution in [0.1, 0.15) is 16.7 Å². The second kappa shape index (κ2) is 11.0. The summed E-state index contributed by atoms with van der Waals surface area (Å²) in [5.74, 6) is 0.380. The van der Waals surface area contributed by atoms with Gasteiger partial charge in [0, 0.05) is 25.5 Å². The molecule has 3 N–H and O–H groups in total. The van der Waals surface area contributed by atoms with E-state index >= 15 is 0 Å². The molecule has 0 saturated carbocycles. The Morgan fingerprint density at radius 1 is 1.00 bits per heavy atom. The monoisotopic (exact) mass is 441 g/mol. The number of guanidine groups is 1. The van der Waals surface area contributed by atoms with Gasteiger partial charge in [-0.2, -0.15) is 0 Å². The van der Waals surface area contributed by atoms with Crippen LogP contribution >= 0.6 is 24.0 Å². The van der Waals surface area contributed by atoms with Crippen LogP contribution in [0, 0.1) is 0 Å². The number of aliphatic imine (C=N–C) groups is 1. The fourth-order valence-electron chi connectivity index (χ4n) is 2.26. The normalized spacial score (nSPS) is 11.0. The molecule has 0 radical (unpaired) electrons. The number of halogens is 1. The third kappa shape index (κ3) is 6.46. The van der Waals surface area contributed by atoms with Gasteiger partial charge in [-0.3, -0.25) is 0 Å². The van der Waals surface area contributed by atoms with E-state index < -0.39 is 0 Å². The van der Waals surface area contributed by atoms with Crippen molar-refractivity contribution in [1.29, 1.82) is 0 Å². The SMILES string of the molecule is COCc1cccc(CN=C(N)Nc2ccccc2COC)c1.I. The third-order valence-corrected chi connectivity index (χ3v) is 3.31. The minimum absolute atomic E-state index is 0. The Balaban J connectivity index is 0.00000288. The van der Waals surface area contributed by atoms with Crippen LogP contribution in [0.15, 0.2) is 53.5 Å². The molecule has 2 rings (SSSR count). The summed E-state index contributed by atoms with van der Waals surface area (Å²) >= 11 is 0. The molecule has 2 aromatic rings. The van der Waals surface area contributed by atoms with Crippen molar-refractivity contribution in [3.05, 3.63) is 65.2 Å². The zero-order valence-corrected chi connectivity index (χ0v) is 16.3. The molecular weight excluding hydrogens is 417 g/mol. The highest BCUT2D eigenvalue weighted by atomic mass is 127. The van der Waals surface area contributed by atoms with Crippen LogP contribution in [0.25, 0.3) is 0 Å². The van der Waals surface area contributed by atoms with E-state index in [4.69, 9.17) is 15.2 Å². The maximum atomic E-state index is 5.99. The number of ether oxygens (including phenoxy) is 2. The van der Waals surface area contributed by atoms with E-state index in [-0.39, 0.29) is 24.0 Å². The van der Waals surface area contributed by atoms with Crippen molar-refractivity contribution in [1.82, 2.24) is 0 Å². The molecular formula is C18H24IN3O2. The lowest BCUT2D eigenvalue weighted by atomic mass is 10.1. The number of methoxy groups -OCH3 is 2. The van der Waals surface area contributed by atoms with Crippen molar-refractivity contribution in [2.45, 2.75) is 19.8 Å². The predicted octanol–water partition coefficient (Wildman–Crippen LogP) is 3.52. The van der Waals surface area contributed by atoms with Gasteiger partial charge in [-0.15, -0.1) is 24.0 Å². The van der Waals surface area contributed by atoms with E-state index in [2.05, 4.69) is 16.4 Å². The van der Waals surface area contributed by atoms with Gasteiger partial charge in [-0.25, -0.2) is 4.99 Å². The van der Waals surface area contributed by atoms with E-state index in [1.165, 1.54) is 0 Å². The van der Waals surface area contributed by atoms with Gasteiger partial charge >= 0.3 is 0 Å². The van der Waals surface area contributed by atoms with Crippen LogP contribution in [0.2, 0.25) is 0 Å². The van der Waals surface area contributed by atoms with Crippen LogP contribution in [0.5, 0.6) is 0 Å². The van der Waals surface area contributed by atoms with Crippen LogP contribution in [0.4, 0.5) is 5.69 Å². The Kier molecular flexibility index (Phi) is 9.36. The molecule has 0 spiro atoms. The van der Waals surface area contributed by atoms with Crippen molar-refractivity contribution in [2.24, 2.45) is 10.7 Å². The molecule has 0 amide bonds. The summed E-state index contributed by atoms with van der Waals surface area (Å²) in [7, 11) is 3.35. The van der Waals surface area contributed by atoms with Gasteiger partial charge in [0.15, 0.2) is 5.96 Å². The number of benzene rings is 2. The molecule has 0 aliphatic rings. The highest BCUT2D eigenvalue weighted by Crippen LogP contribution is 2.15. The summed E-state index contributed by atoms with van der Waals surface area (Å²) in [6, 6.07) is 16.0. The summed E-state index contributed by atoms with van der Waals surface area (Å²) in [6.45, 7) is 1.63. The van der Waals surface area contributed by atoms with Crippen LogP contribution < -0.4 is 11.1 Å². The second-order valence-corrected chi connectivity index (χ2v) is 5.17. The van der Waals surface area contributed by atoms with E-state index in [9.17, 15) is 0 Å². The summed E-state index contributed by atoms with van der Waals surface area (Å²) in [5, 5.41) is 3.13. The molecule has 0 saturated heterocycles. The molecule has 0 atom stereocenters. The summed E-state index contributed by atoms with van der Waals surface area (Å²) in [5.41, 5.74) is 10.1. The van der Waals surface area contributed by atoms with E-state index in [0.717, 1.165) is 22.4 Å². The third-order valence-electron chi connectivity index (χ3n) is 3.31. The average molecular weight is 441 g/mol. The van der Waals surface area contributed by atoms with Crippen molar-refractivity contribution < 1.29 is 9.47 Å². The number of nitrogens with one attached hydrogen (secondary N) is 1. The smallest absolute Gasteiger partial charge is 0.193 e. The summed E-state index contributed by atoms with van der Waals surface area (Å²) < 4.78 is 10.3. The van der Waals surface area contributed by atoms with Crippen molar-refractivity contribution >= 4 is 35.6 Å². The maximum absolute atomic E-state index is 5.99. The molecule has 0 fully saturated rings. The number of para-hydroxylation sites is 1. The zero-order chi connectivity index (χ0) is 16.5. The first-order chi connectivity index (χ1) is 11.2. The fourth-order valence-corrected chi connectivity index (χ4v) is 2.26. The molecule has 130 valence electrons. The molecule has 24 heavy (non-hydrogen) atoms. The number of anilines is 1. The predicted molar refractivity (Wildman–Crippen MR) is 109 cm³/mol. The lowest BCUT2D eigenvalue weighted by Gasteiger charge is -2.11. The van der Waals surface area contributed by atoms with Crippen LogP contribution in [-0.4, -0.2) is 20.2 Å². The first-order valence-electron chi connectivity index (χ1n) is 7.43. The number of hydrogen-bond acceptors (Lipinski definition) is 3. The average Bonchev–Trinajstić information content (AvgIpc) is 2.56. The van der Waals surface area contributed by atoms with Crippen molar-refractivity contribution in [3.8, 4) is 0 Å². The molecule has 0 heterocycles. The van der Waals surface area contributed by atoms with Gasteiger partial charge in [0.1, 0.15) is 0 Å². The largest absolute Gasteiger partial charge is 0.380 e. The maximum Gasteiger partial charge on any atom is 0.193 e. The Morgan fingerprint density at radius 2 is 1.71 bits per heavy atom. The standard InChI is InChI=1S/C18H23N3O2.HI/c1-22-12-15-7-5-6-14(10-15)11-20-18(19)21-17-9-4-3-8-16(17)13-23-2;/h3-10H,11-13H2,1-2H3,(H3,19,20,21);1H. The second-order valence-electron chi connectivity index (χ2n) is 5.17. The first-order valence-corrected chi connectivity index (χ1v) is 7.43. The van der Waals surface area contributed by atoms with E-state index in [1.54, 1.807) is 14.2 Å². The molecule has 0 aliphatic carbocycles. The van der Waals surface area contributed by atoms with Crippen molar-refractivity contribution in [2.75, 3.05) is 19.5 Å². The topological polar surface area (TPSA) is 68.9 Å². The Hall–Kier alpha value is -1.64. The van der Waals surface area contributed by atoms with Gasteiger partial charge < -0.3 is 20.5 Å². The number of nitrogens with two attached hydrogens (primary N) is 1. The molecule has 6 heteroatoms. The Morgan fingerprint density at radius 3 is 2.46 bits per heavy atom. The molecule has 0 bridgehead atoms. The van der Waals surface area contributed by atoms with E-state index in [0.29, 0.717) is 25.7 Å². The van der Waals surface area contributed by atoms with Crippen molar-refractivity contribution in [3.63, 3.8) is 0 Å². The molecule has 0 unspecified atom stereocenters. The van der Waals surface area contributed by atoms with Crippen LogP contribution in [0.3, 0.4) is 0 Å². The summed E-state index contributed by atoms with van der Waals surface area (Å²) in [4.78, 5) is 4.39.